The SMILES string of the molecule is COc1cc(Br)ccc1C(O)COC(C)C. The van der Waals surface area contributed by atoms with Crippen LogP contribution in [0.5, 0.6) is 5.75 Å². The zero-order chi connectivity index (χ0) is 12.1. The Morgan fingerprint density at radius 1 is 1.38 bits per heavy atom. The molecule has 0 aliphatic rings. The van der Waals surface area contributed by atoms with Gasteiger partial charge < -0.3 is 14.6 Å². The molecule has 0 aromatic heterocycles. The molecule has 1 rings (SSSR count). The molecular weight excluding hydrogens is 272 g/mol. The molecule has 0 radical (unpaired) electrons. The quantitative estimate of drug-likeness (QED) is 0.905. The summed E-state index contributed by atoms with van der Waals surface area (Å²) in [6, 6.07) is 5.53. The highest BCUT2D eigenvalue weighted by Crippen LogP contribution is 2.28. The molecule has 0 bridgehead atoms. The first-order chi connectivity index (χ1) is 7.54. The third-order valence-corrected chi connectivity index (χ3v) is 2.64. The van der Waals surface area contributed by atoms with E-state index in [2.05, 4.69) is 15.9 Å². The van der Waals surface area contributed by atoms with Crippen molar-refractivity contribution in [3.05, 3.63) is 28.2 Å². The molecule has 1 aromatic rings. The maximum Gasteiger partial charge on any atom is 0.125 e. The first-order valence-electron chi connectivity index (χ1n) is 5.17. The number of aliphatic hydroxyl groups excluding tert-OH is 1. The summed E-state index contributed by atoms with van der Waals surface area (Å²) in [4.78, 5) is 0. The molecule has 1 aromatic carbocycles. The third kappa shape index (κ3) is 3.77. The van der Waals surface area contributed by atoms with E-state index in [4.69, 9.17) is 9.47 Å². The molecule has 16 heavy (non-hydrogen) atoms. The van der Waals surface area contributed by atoms with Crippen LogP contribution < -0.4 is 4.74 Å². The van der Waals surface area contributed by atoms with Gasteiger partial charge in [0.1, 0.15) is 11.9 Å². The average molecular weight is 289 g/mol. The van der Waals surface area contributed by atoms with E-state index >= 15 is 0 Å². The monoisotopic (exact) mass is 288 g/mol. The highest BCUT2D eigenvalue weighted by Gasteiger charge is 2.14. The molecule has 0 fully saturated rings. The Morgan fingerprint density at radius 3 is 2.62 bits per heavy atom. The van der Waals surface area contributed by atoms with E-state index in [0.29, 0.717) is 5.75 Å². The highest BCUT2D eigenvalue weighted by molar-refractivity contribution is 9.10. The Balaban J connectivity index is 2.77. The number of hydrogen-bond acceptors (Lipinski definition) is 3. The number of hydrogen-bond donors (Lipinski definition) is 1. The number of benzene rings is 1. The van der Waals surface area contributed by atoms with E-state index in [1.165, 1.54) is 0 Å². The molecule has 0 spiro atoms. The standard InChI is InChI=1S/C12H17BrO3/c1-8(2)16-7-11(14)10-5-4-9(13)6-12(10)15-3/h4-6,8,11,14H,7H2,1-3H3. The fraction of sp³-hybridized carbons (Fsp3) is 0.500. The van der Waals surface area contributed by atoms with Gasteiger partial charge in [0.2, 0.25) is 0 Å². The normalized spacial score (nSPS) is 12.9. The number of rotatable bonds is 5. The number of aliphatic hydroxyl groups is 1. The van der Waals surface area contributed by atoms with Crippen LogP contribution in [0.2, 0.25) is 0 Å². The van der Waals surface area contributed by atoms with Crippen LogP contribution in [0.4, 0.5) is 0 Å². The van der Waals surface area contributed by atoms with E-state index in [1.807, 2.05) is 32.0 Å². The molecule has 0 saturated carbocycles. The molecule has 4 heteroatoms. The van der Waals surface area contributed by atoms with Crippen molar-refractivity contribution in [2.75, 3.05) is 13.7 Å². The van der Waals surface area contributed by atoms with Crippen LogP contribution in [0.1, 0.15) is 25.5 Å². The van der Waals surface area contributed by atoms with Crippen molar-refractivity contribution in [2.24, 2.45) is 0 Å². The average Bonchev–Trinajstić information content (AvgIpc) is 2.25. The van der Waals surface area contributed by atoms with Crippen LogP contribution in [-0.2, 0) is 4.74 Å². The topological polar surface area (TPSA) is 38.7 Å². The fourth-order valence-corrected chi connectivity index (χ4v) is 1.67. The summed E-state index contributed by atoms with van der Waals surface area (Å²) in [5, 5.41) is 9.95. The van der Waals surface area contributed by atoms with Crippen molar-refractivity contribution in [3.63, 3.8) is 0 Å². The van der Waals surface area contributed by atoms with Gasteiger partial charge in [0.15, 0.2) is 0 Å². The van der Waals surface area contributed by atoms with Crippen LogP contribution in [-0.4, -0.2) is 24.9 Å². The minimum absolute atomic E-state index is 0.107. The summed E-state index contributed by atoms with van der Waals surface area (Å²) in [5.74, 6) is 0.661. The van der Waals surface area contributed by atoms with Gasteiger partial charge >= 0.3 is 0 Å². The molecule has 1 unspecified atom stereocenters. The number of ether oxygens (including phenoxy) is 2. The fourth-order valence-electron chi connectivity index (χ4n) is 1.33. The molecule has 0 amide bonds. The molecular formula is C12H17BrO3. The summed E-state index contributed by atoms with van der Waals surface area (Å²) in [6.07, 6.45) is -0.554. The van der Waals surface area contributed by atoms with E-state index in [1.54, 1.807) is 7.11 Å². The van der Waals surface area contributed by atoms with Crippen LogP contribution in [0.3, 0.4) is 0 Å². The summed E-state index contributed by atoms with van der Waals surface area (Å²) in [6.45, 7) is 4.15. The number of methoxy groups -OCH3 is 1. The lowest BCUT2D eigenvalue weighted by Crippen LogP contribution is -2.12. The molecule has 0 saturated heterocycles. The van der Waals surface area contributed by atoms with E-state index in [9.17, 15) is 5.11 Å². The summed E-state index contributed by atoms with van der Waals surface area (Å²) >= 11 is 3.36. The zero-order valence-corrected chi connectivity index (χ0v) is 11.3. The van der Waals surface area contributed by atoms with E-state index < -0.39 is 6.10 Å². The molecule has 0 aliphatic carbocycles. The van der Waals surface area contributed by atoms with Gasteiger partial charge in [-0.05, 0) is 26.0 Å². The van der Waals surface area contributed by atoms with Gasteiger partial charge in [-0.2, -0.15) is 0 Å². The smallest absolute Gasteiger partial charge is 0.125 e. The minimum Gasteiger partial charge on any atom is -0.496 e. The van der Waals surface area contributed by atoms with Crippen molar-refractivity contribution in [3.8, 4) is 5.75 Å². The second kappa shape index (κ2) is 6.23. The summed E-state index contributed by atoms with van der Waals surface area (Å²) in [5.41, 5.74) is 0.742. The van der Waals surface area contributed by atoms with Gasteiger partial charge in [0.25, 0.3) is 0 Å². The minimum atomic E-state index is -0.662. The number of halogens is 1. The van der Waals surface area contributed by atoms with Gasteiger partial charge in [-0.3, -0.25) is 0 Å². The van der Waals surface area contributed by atoms with Crippen LogP contribution >= 0.6 is 15.9 Å². The van der Waals surface area contributed by atoms with Gasteiger partial charge in [0, 0.05) is 10.0 Å². The van der Waals surface area contributed by atoms with E-state index in [0.717, 1.165) is 10.0 Å². The van der Waals surface area contributed by atoms with Crippen molar-refractivity contribution in [1.82, 2.24) is 0 Å². The van der Waals surface area contributed by atoms with Crippen molar-refractivity contribution in [2.45, 2.75) is 26.1 Å². The van der Waals surface area contributed by atoms with Crippen molar-refractivity contribution < 1.29 is 14.6 Å². The predicted molar refractivity (Wildman–Crippen MR) is 66.7 cm³/mol. The molecule has 3 nitrogen and oxygen atoms in total. The Kier molecular flexibility index (Phi) is 5.25. The van der Waals surface area contributed by atoms with Gasteiger partial charge in [-0.1, -0.05) is 22.0 Å². The first kappa shape index (κ1) is 13.5. The van der Waals surface area contributed by atoms with Gasteiger partial charge in [-0.25, -0.2) is 0 Å². The van der Waals surface area contributed by atoms with Crippen molar-refractivity contribution >= 4 is 15.9 Å². The largest absolute Gasteiger partial charge is 0.496 e. The van der Waals surface area contributed by atoms with Gasteiger partial charge in [-0.15, -0.1) is 0 Å². The predicted octanol–water partition coefficient (Wildman–Crippen LogP) is 2.92. The summed E-state index contributed by atoms with van der Waals surface area (Å²) in [7, 11) is 1.58. The molecule has 1 N–H and O–H groups in total. The molecule has 0 heterocycles. The Morgan fingerprint density at radius 2 is 2.06 bits per heavy atom. The Bertz CT molecular complexity index is 339. The lowest BCUT2D eigenvalue weighted by molar-refractivity contribution is 0.00408. The lowest BCUT2D eigenvalue weighted by atomic mass is 10.1. The highest BCUT2D eigenvalue weighted by atomic mass is 79.9. The second-order valence-corrected chi connectivity index (χ2v) is 4.70. The van der Waals surface area contributed by atoms with Gasteiger partial charge in [0.05, 0.1) is 19.8 Å². The maximum absolute atomic E-state index is 9.95. The van der Waals surface area contributed by atoms with E-state index in [-0.39, 0.29) is 12.7 Å². The zero-order valence-electron chi connectivity index (χ0n) is 9.74. The third-order valence-electron chi connectivity index (χ3n) is 2.14. The summed E-state index contributed by atoms with van der Waals surface area (Å²) < 4.78 is 11.5. The Labute approximate surface area is 105 Å². The van der Waals surface area contributed by atoms with Crippen LogP contribution in [0.25, 0.3) is 0 Å². The Hall–Kier alpha value is -0.580. The molecule has 1 atom stereocenters. The van der Waals surface area contributed by atoms with Crippen LogP contribution in [0.15, 0.2) is 22.7 Å². The maximum atomic E-state index is 9.95. The molecule has 90 valence electrons. The molecule has 0 aliphatic heterocycles. The van der Waals surface area contributed by atoms with Crippen molar-refractivity contribution in [1.29, 1.82) is 0 Å². The second-order valence-electron chi connectivity index (χ2n) is 3.78. The lowest BCUT2D eigenvalue weighted by Gasteiger charge is -2.16. The first-order valence-corrected chi connectivity index (χ1v) is 5.97. The van der Waals surface area contributed by atoms with Crippen LogP contribution in [0, 0.1) is 0 Å².